The lowest BCUT2D eigenvalue weighted by Gasteiger charge is -2.23. The van der Waals surface area contributed by atoms with E-state index in [1.165, 1.54) is 5.56 Å². The SMILES string of the molecule is C/C=C(/c1ccc(C)cc1)N(/N=C/CC(C=O)c1cc(C)cc(C)c1)c1ccc(C)c(Cl)c1. The number of carbonyl (C=O) groups excluding carboxylic acids is 1. The zero-order valence-corrected chi connectivity index (χ0v) is 20.7. The van der Waals surface area contributed by atoms with Crippen LogP contribution in [-0.4, -0.2) is 12.5 Å². The Labute approximate surface area is 202 Å². The summed E-state index contributed by atoms with van der Waals surface area (Å²) in [5.74, 6) is -0.246. The highest BCUT2D eigenvalue weighted by molar-refractivity contribution is 6.31. The van der Waals surface area contributed by atoms with Crippen molar-refractivity contribution in [1.82, 2.24) is 0 Å². The van der Waals surface area contributed by atoms with Gasteiger partial charge in [-0.3, -0.25) is 0 Å². The van der Waals surface area contributed by atoms with Gasteiger partial charge in [0, 0.05) is 17.2 Å². The van der Waals surface area contributed by atoms with Crippen molar-refractivity contribution in [3.63, 3.8) is 0 Å². The lowest BCUT2D eigenvalue weighted by Crippen LogP contribution is -2.16. The highest BCUT2D eigenvalue weighted by Gasteiger charge is 2.15. The second-order valence-electron chi connectivity index (χ2n) is 8.48. The number of aryl methyl sites for hydroxylation is 4. The molecular weight excluding hydrogens is 428 g/mol. The lowest BCUT2D eigenvalue weighted by molar-refractivity contribution is -0.108. The predicted molar refractivity (Wildman–Crippen MR) is 141 cm³/mol. The minimum absolute atomic E-state index is 0.246. The number of rotatable bonds is 8. The van der Waals surface area contributed by atoms with E-state index >= 15 is 0 Å². The first-order valence-corrected chi connectivity index (χ1v) is 11.6. The van der Waals surface area contributed by atoms with Crippen LogP contribution in [0.15, 0.2) is 71.8 Å². The van der Waals surface area contributed by atoms with Crippen molar-refractivity contribution in [3.8, 4) is 0 Å². The average molecular weight is 459 g/mol. The summed E-state index contributed by atoms with van der Waals surface area (Å²) in [7, 11) is 0. The molecule has 4 heteroatoms. The quantitative estimate of drug-likeness (QED) is 0.196. The molecule has 0 aliphatic rings. The van der Waals surface area contributed by atoms with E-state index in [2.05, 4.69) is 63.2 Å². The number of benzene rings is 3. The van der Waals surface area contributed by atoms with E-state index in [0.717, 1.165) is 45.5 Å². The molecule has 1 atom stereocenters. The van der Waals surface area contributed by atoms with Crippen molar-refractivity contribution in [3.05, 3.63) is 105 Å². The number of aldehydes is 1. The summed E-state index contributed by atoms with van der Waals surface area (Å²) >= 11 is 6.44. The number of hydrogen-bond acceptors (Lipinski definition) is 3. The molecule has 3 aromatic carbocycles. The van der Waals surface area contributed by atoms with Gasteiger partial charge in [0.25, 0.3) is 0 Å². The van der Waals surface area contributed by atoms with Crippen molar-refractivity contribution >= 4 is 35.5 Å². The molecule has 1 unspecified atom stereocenters. The Bertz CT molecular complexity index is 1160. The molecule has 0 aliphatic carbocycles. The molecule has 0 N–H and O–H groups in total. The first kappa shape index (κ1) is 24.5. The lowest BCUT2D eigenvalue weighted by atomic mass is 9.94. The van der Waals surface area contributed by atoms with Gasteiger partial charge >= 0.3 is 0 Å². The molecule has 0 spiro atoms. The Morgan fingerprint density at radius 2 is 1.61 bits per heavy atom. The van der Waals surface area contributed by atoms with Crippen molar-refractivity contribution < 1.29 is 4.79 Å². The minimum Gasteiger partial charge on any atom is -0.303 e. The molecular formula is C29H31ClN2O. The van der Waals surface area contributed by atoms with Crippen LogP contribution in [0.1, 0.15) is 52.6 Å². The van der Waals surface area contributed by atoms with Crippen LogP contribution in [0, 0.1) is 27.7 Å². The average Bonchev–Trinajstić information content (AvgIpc) is 2.78. The fourth-order valence-corrected chi connectivity index (χ4v) is 4.03. The maximum atomic E-state index is 11.9. The largest absolute Gasteiger partial charge is 0.303 e. The monoisotopic (exact) mass is 458 g/mol. The Morgan fingerprint density at radius 1 is 0.939 bits per heavy atom. The number of allylic oxidation sites excluding steroid dienone is 1. The Morgan fingerprint density at radius 3 is 2.18 bits per heavy atom. The van der Waals surface area contributed by atoms with E-state index in [4.69, 9.17) is 16.7 Å². The number of nitrogens with zero attached hydrogens (tertiary/aromatic N) is 2. The molecule has 33 heavy (non-hydrogen) atoms. The second-order valence-corrected chi connectivity index (χ2v) is 8.89. The first-order valence-electron chi connectivity index (χ1n) is 11.2. The maximum absolute atomic E-state index is 11.9. The number of anilines is 1. The zero-order chi connectivity index (χ0) is 24.0. The summed E-state index contributed by atoms with van der Waals surface area (Å²) < 4.78 is 0. The molecule has 170 valence electrons. The van der Waals surface area contributed by atoms with E-state index in [0.29, 0.717) is 11.4 Å². The van der Waals surface area contributed by atoms with Gasteiger partial charge in [-0.25, -0.2) is 5.01 Å². The highest BCUT2D eigenvalue weighted by atomic mass is 35.5. The number of halogens is 1. The van der Waals surface area contributed by atoms with Crippen molar-refractivity contribution in [2.45, 2.75) is 47.0 Å². The molecule has 0 bridgehead atoms. The molecule has 3 rings (SSSR count). The smallest absolute Gasteiger partial charge is 0.127 e. The van der Waals surface area contributed by atoms with Gasteiger partial charge in [0.05, 0.1) is 11.4 Å². The van der Waals surface area contributed by atoms with Crippen molar-refractivity contribution in [2.75, 3.05) is 5.01 Å². The van der Waals surface area contributed by atoms with Crippen LogP contribution in [0.5, 0.6) is 0 Å². The van der Waals surface area contributed by atoms with Crippen molar-refractivity contribution in [1.29, 1.82) is 0 Å². The van der Waals surface area contributed by atoms with Gasteiger partial charge < -0.3 is 4.79 Å². The minimum atomic E-state index is -0.246. The van der Waals surface area contributed by atoms with E-state index in [-0.39, 0.29) is 5.92 Å². The van der Waals surface area contributed by atoms with Crippen LogP contribution in [0.25, 0.3) is 5.70 Å². The standard InChI is InChI=1S/C29H31ClN2O/c1-6-29(24-10-7-20(2)8-11-24)32(27-12-9-23(5)28(30)18-27)31-14-13-25(19-33)26-16-21(3)15-22(4)17-26/h6-12,14-19,25H,13H2,1-5H3/b29-6-,31-14+. The molecule has 0 saturated carbocycles. The maximum Gasteiger partial charge on any atom is 0.127 e. The summed E-state index contributed by atoms with van der Waals surface area (Å²) in [6.45, 7) is 10.2. The molecule has 3 aromatic rings. The van der Waals surface area contributed by atoms with E-state index in [9.17, 15) is 4.79 Å². The predicted octanol–water partition coefficient (Wildman–Crippen LogP) is 7.80. The Balaban J connectivity index is 1.96. The molecule has 0 saturated heterocycles. The van der Waals surface area contributed by atoms with Crippen LogP contribution >= 0.6 is 11.6 Å². The molecule has 0 radical (unpaired) electrons. The molecule has 0 amide bonds. The number of hydrazone groups is 1. The fraction of sp³-hybridized carbons (Fsp3) is 0.241. The van der Waals surface area contributed by atoms with Crippen LogP contribution in [0.4, 0.5) is 5.69 Å². The fourth-order valence-electron chi connectivity index (χ4n) is 3.85. The number of hydrogen-bond donors (Lipinski definition) is 0. The normalized spacial score (nSPS) is 12.7. The topological polar surface area (TPSA) is 32.7 Å². The van der Waals surface area contributed by atoms with Gasteiger partial charge in [0.15, 0.2) is 0 Å². The summed E-state index contributed by atoms with van der Waals surface area (Å²) in [5, 5.41) is 7.39. The van der Waals surface area contributed by atoms with E-state index in [1.54, 1.807) is 0 Å². The third-order valence-electron chi connectivity index (χ3n) is 5.64. The Kier molecular flexibility index (Phi) is 8.24. The van der Waals surface area contributed by atoms with Crippen LogP contribution in [0.2, 0.25) is 5.02 Å². The third kappa shape index (κ3) is 6.21. The summed E-state index contributed by atoms with van der Waals surface area (Å²) in [6, 6.07) is 20.5. The van der Waals surface area contributed by atoms with Gasteiger partial charge in [-0.1, -0.05) is 82.9 Å². The zero-order valence-electron chi connectivity index (χ0n) is 20.0. The molecule has 0 heterocycles. The summed E-state index contributed by atoms with van der Waals surface area (Å²) in [5.41, 5.74) is 8.40. The molecule has 0 aromatic heterocycles. The second kappa shape index (κ2) is 11.1. The first-order chi connectivity index (χ1) is 15.8. The van der Waals surface area contributed by atoms with Crippen LogP contribution < -0.4 is 5.01 Å². The molecule has 0 aliphatic heterocycles. The number of carbonyl (C=O) groups is 1. The van der Waals surface area contributed by atoms with E-state index in [1.807, 2.05) is 49.3 Å². The van der Waals surface area contributed by atoms with Gasteiger partial charge in [0.2, 0.25) is 0 Å². The van der Waals surface area contributed by atoms with Gasteiger partial charge in [-0.05, 0) is 69.9 Å². The Hall–Kier alpha value is -3.17. The van der Waals surface area contributed by atoms with Crippen LogP contribution in [-0.2, 0) is 4.79 Å². The summed E-state index contributed by atoms with van der Waals surface area (Å²) in [4.78, 5) is 11.9. The van der Waals surface area contributed by atoms with Gasteiger partial charge in [-0.15, -0.1) is 0 Å². The third-order valence-corrected chi connectivity index (χ3v) is 6.05. The van der Waals surface area contributed by atoms with Gasteiger partial charge in [0.1, 0.15) is 6.29 Å². The van der Waals surface area contributed by atoms with Crippen molar-refractivity contribution in [2.24, 2.45) is 5.10 Å². The molecule has 3 nitrogen and oxygen atoms in total. The molecule has 0 fully saturated rings. The summed E-state index contributed by atoms with van der Waals surface area (Å²) in [6.07, 6.45) is 5.37. The van der Waals surface area contributed by atoms with Gasteiger partial charge in [-0.2, -0.15) is 5.10 Å². The highest BCUT2D eigenvalue weighted by Crippen LogP contribution is 2.30. The van der Waals surface area contributed by atoms with Crippen LogP contribution in [0.3, 0.4) is 0 Å². The van der Waals surface area contributed by atoms with E-state index < -0.39 is 0 Å².